The van der Waals surface area contributed by atoms with E-state index in [1.54, 1.807) is 0 Å². The van der Waals surface area contributed by atoms with Crippen molar-refractivity contribution in [3.63, 3.8) is 0 Å². The van der Waals surface area contributed by atoms with Crippen LogP contribution in [0, 0.1) is 0 Å². The maximum atomic E-state index is 12.3. The summed E-state index contributed by atoms with van der Waals surface area (Å²) in [5.74, 6) is 0.0450. The maximum absolute atomic E-state index is 12.3. The molecule has 4 nitrogen and oxygen atoms in total. The molecule has 0 spiro atoms. The van der Waals surface area contributed by atoms with Crippen molar-refractivity contribution in [1.82, 2.24) is 5.32 Å². The summed E-state index contributed by atoms with van der Waals surface area (Å²) in [5.41, 5.74) is 2.58. The number of hydrogen-bond donors (Lipinski definition) is 2. The van der Waals surface area contributed by atoms with Crippen LogP contribution < -0.4 is 5.32 Å². The van der Waals surface area contributed by atoms with Gasteiger partial charge in [-0.15, -0.1) is 11.3 Å². The summed E-state index contributed by atoms with van der Waals surface area (Å²) < 4.78 is 0. The van der Waals surface area contributed by atoms with Gasteiger partial charge in [0.15, 0.2) is 0 Å². The van der Waals surface area contributed by atoms with Gasteiger partial charge in [0.2, 0.25) is 0 Å². The molecule has 1 amide bonds. The van der Waals surface area contributed by atoms with Gasteiger partial charge in [-0.1, -0.05) is 18.0 Å². The Bertz CT molecular complexity index is 516. The van der Waals surface area contributed by atoms with Gasteiger partial charge in [-0.05, 0) is 37.7 Å². The molecule has 5 heteroatoms. The molecule has 19 heavy (non-hydrogen) atoms. The van der Waals surface area contributed by atoms with Crippen LogP contribution in [0.2, 0.25) is 0 Å². The normalized spacial score (nSPS) is 21.6. The van der Waals surface area contributed by atoms with Crippen molar-refractivity contribution < 1.29 is 10.0 Å². The number of fused-ring (bicyclic) bond motifs is 1. The molecule has 2 N–H and O–H groups in total. The number of nitrogens with one attached hydrogen (secondary N) is 1. The van der Waals surface area contributed by atoms with Crippen LogP contribution in [0.1, 0.15) is 59.3 Å². The summed E-state index contributed by atoms with van der Waals surface area (Å²) in [6, 6.07) is 0.345. The fraction of sp³-hybridized carbons (Fsp3) is 0.571. The van der Waals surface area contributed by atoms with Crippen LogP contribution in [0.5, 0.6) is 0 Å². The third-order valence-electron chi connectivity index (χ3n) is 4.05. The molecule has 0 atom stereocenters. The van der Waals surface area contributed by atoms with Crippen LogP contribution >= 0.6 is 11.3 Å². The van der Waals surface area contributed by atoms with Crippen molar-refractivity contribution in [2.24, 2.45) is 5.16 Å². The molecular weight excluding hydrogens is 260 g/mol. The van der Waals surface area contributed by atoms with E-state index in [1.165, 1.54) is 24.2 Å². The lowest BCUT2D eigenvalue weighted by atomic mass is 9.94. The lowest BCUT2D eigenvalue weighted by Crippen LogP contribution is -2.33. The Morgan fingerprint density at radius 1 is 1.32 bits per heavy atom. The van der Waals surface area contributed by atoms with Gasteiger partial charge in [-0.3, -0.25) is 4.79 Å². The number of thiophene rings is 1. The zero-order chi connectivity index (χ0) is 13.2. The molecule has 0 bridgehead atoms. The van der Waals surface area contributed by atoms with Gasteiger partial charge in [-0.2, -0.15) is 0 Å². The molecule has 0 radical (unpaired) electrons. The molecule has 102 valence electrons. The molecule has 1 aromatic rings. The third kappa shape index (κ3) is 2.39. The highest BCUT2D eigenvalue weighted by Gasteiger charge is 2.26. The highest BCUT2D eigenvalue weighted by atomic mass is 32.1. The Balaban J connectivity index is 1.81. The Labute approximate surface area is 116 Å². The number of oxime groups is 1. The second-order valence-corrected chi connectivity index (χ2v) is 6.19. The highest BCUT2D eigenvalue weighted by molar-refractivity contribution is 7.12. The lowest BCUT2D eigenvalue weighted by Gasteiger charge is -2.15. The first kappa shape index (κ1) is 12.7. The van der Waals surface area contributed by atoms with Gasteiger partial charge in [0.05, 0.1) is 16.2 Å². The second kappa shape index (κ2) is 5.33. The topological polar surface area (TPSA) is 61.7 Å². The first-order valence-corrected chi connectivity index (χ1v) is 7.80. The Hall–Kier alpha value is -1.36. The minimum Gasteiger partial charge on any atom is -0.411 e. The molecule has 1 fully saturated rings. The van der Waals surface area contributed by atoms with E-state index in [1.807, 2.05) is 5.38 Å². The fourth-order valence-corrected chi connectivity index (χ4v) is 4.16. The number of amides is 1. The van der Waals surface area contributed by atoms with Crippen molar-refractivity contribution in [1.29, 1.82) is 0 Å². The van der Waals surface area contributed by atoms with E-state index in [0.717, 1.165) is 53.8 Å². The van der Waals surface area contributed by atoms with Crippen LogP contribution in [0.25, 0.3) is 0 Å². The molecule has 1 heterocycles. The summed E-state index contributed by atoms with van der Waals surface area (Å²) in [7, 11) is 0. The first-order valence-electron chi connectivity index (χ1n) is 6.92. The zero-order valence-corrected chi connectivity index (χ0v) is 11.6. The van der Waals surface area contributed by atoms with E-state index in [4.69, 9.17) is 5.21 Å². The van der Waals surface area contributed by atoms with Gasteiger partial charge in [0.25, 0.3) is 5.91 Å². The van der Waals surface area contributed by atoms with Crippen LogP contribution in [0.4, 0.5) is 0 Å². The molecule has 0 aliphatic heterocycles. The van der Waals surface area contributed by atoms with Crippen LogP contribution in [-0.4, -0.2) is 22.9 Å². The Morgan fingerprint density at radius 2 is 2.11 bits per heavy atom. The molecule has 2 aliphatic carbocycles. The van der Waals surface area contributed by atoms with E-state index in [0.29, 0.717) is 6.04 Å². The summed E-state index contributed by atoms with van der Waals surface area (Å²) in [6.45, 7) is 0. The van der Waals surface area contributed by atoms with Gasteiger partial charge < -0.3 is 10.5 Å². The molecule has 3 rings (SSSR count). The predicted octanol–water partition coefficient (Wildman–Crippen LogP) is 2.94. The number of carbonyl (C=O) groups excluding carboxylic acids is 1. The molecular formula is C14H18N2O2S. The quantitative estimate of drug-likeness (QED) is 0.645. The monoisotopic (exact) mass is 278 g/mol. The summed E-state index contributed by atoms with van der Waals surface area (Å²) in [6.07, 6.45) is 7.29. The molecule has 0 saturated heterocycles. The summed E-state index contributed by atoms with van der Waals surface area (Å²) in [4.78, 5) is 13.3. The van der Waals surface area contributed by atoms with E-state index >= 15 is 0 Å². The molecule has 1 saturated carbocycles. The van der Waals surface area contributed by atoms with Crippen molar-refractivity contribution in [3.8, 4) is 0 Å². The van der Waals surface area contributed by atoms with E-state index in [-0.39, 0.29) is 5.91 Å². The SMILES string of the molecule is O=C(NC1CCCC1)c1csc2c1CCC/C2=N/O. The summed E-state index contributed by atoms with van der Waals surface area (Å²) >= 11 is 1.52. The largest absolute Gasteiger partial charge is 0.411 e. The number of rotatable bonds is 2. The smallest absolute Gasteiger partial charge is 0.252 e. The number of hydrogen-bond acceptors (Lipinski definition) is 4. The zero-order valence-electron chi connectivity index (χ0n) is 10.8. The fourth-order valence-electron chi connectivity index (χ4n) is 3.04. The minimum atomic E-state index is 0.0450. The second-order valence-electron chi connectivity index (χ2n) is 5.31. The number of nitrogens with zero attached hydrogens (tertiary/aromatic N) is 1. The van der Waals surface area contributed by atoms with Crippen molar-refractivity contribution in [3.05, 3.63) is 21.4 Å². The third-order valence-corrected chi connectivity index (χ3v) is 5.12. The van der Waals surface area contributed by atoms with Gasteiger partial charge in [0, 0.05) is 11.4 Å². The first-order chi connectivity index (χ1) is 9.29. The van der Waals surface area contributed by atoms with E-state index < -0.39 is 0 Å². The van der Waals surface area contributed by atoms with E-state index in [9.17, 15) is 4.79 Å². The lowest BCUT2D eigenvalue weighted by molar-refractivity contribution is 0.0937. The van der Waals surface area contributed by atoms with Crippen LogP contribution in [0.15, 0.2) is 10.5 Å². The Morgan fingerprint density at radius 3 is 2.84 bits per heavy atom. The molecule has 1 aromatic heterocycles. The van der Waals surface area contributed by atoms with E-state index in [2.05, 4.69) is 10.5 Å². The molecule has 2 aliphatic rings. The maximum Gasteiger partial charge on any atom is 0.252 e. The highest BCUT2D eigenvalue weighted by Crippen LogP contribution is 2.31. The van der Waals surface area contributed by atoms with Crippen LogP contribution in [-0.2, 0) is 6.42 Å². The summed E-state index contributed by atoms with van der Waals surface area (Å²) in [5, 5.41) is 17.4. The van der Waals surface area contributed by atoms with Crippen molar-refractivity contribution >= 4 is 23.0 Å². The number of carbonyl (C=O) groups is 1. The average molecular weight is 278 g/mol. The minimum absolute atomic E-state index is 0.0450. The average Bonchev–Trinajstić information content (AvgIpc) is 3.06. The Kier molecular flexibility index (Phi) is 3.55. The van der Waals surface area contributed by atoms with Crippen molar-refractivity contribution in [2.75, 3.05) is 0 Å². The van der Waals surface area contributed by atoms with Gasteiger partial charge in [-0.25, -0.2) is 0 Å². The van der Waals surface area contributed by atoms with Gasteiger partial charge >= 0.3 is 0 Å². The standard InChI is InChI=1S/C14H18N2O2S/c17-14(15-9-4-1-2-5-9)11-8-19-13-10(11)6-3-7-12(13)16-18/h8-9,18H,1-7H2,(H,15,17)/b16-12-. The predicted molar refractivity (Wildman–Crippen MR) is 75.3 cm³/mol. The van der Waals surface area contributed by atoms with Crippen molar-refractivity contribution in [2.45, 2.75) is 51.0 Å². The van der Waals surface area contributed by atoms with Gasteiger partial charge in [0.1, 0.15) is 0 Å². The molecule has 0 unspecified atom stereocenters. The van der Waals surface area contributed by atoms with Crippen LogP contribution in [0.3, 0.4) is 0 Å². The molecule has 0 aromatic carbocycles.